The molecular weight excluding hydrogens is 411 g/mol. The van der Waals surface area contributed by atoms with Gasteiger partial charge in [0.25, 0.3) is 5.91 Å². The number of nitrogen functional groups attached to an aromatic ring is 1. The predicted molar refractivity (Wildman–Crippen MR) is 106 cm³/mol. The summed E-state index contributed by atoms with van der Waals surface area (Å²) in [5, 5.41) is 10.2. The lowest BCUT2D eigenvalue weighted by Crippen LogP contribution is -2.37. The Bertz CT molecular complexity index is 1270. The van der Waals surface area contributed by atoms with E-state index in [4.69, 9.17) is 5.73 Å². The number of alkyl halides is 3. The minimum atomic E-state index is -4.62. The summed E-state index contributed by atoms with van der Waals surface area (Å²) in [5.41, 5.74) is 3.89. The summed E-state index contributed by atoms with van der Waals surface area (Å²) in [6, 6.07) is 6.60. The molecule has 3 aromatic rings. The van der Waals surface area contributed by atoms with Crippen molar-refractivity contribution < 1.29 is 23.1 Å². The molecule has 7 nitrogen and oxygen atoms in total. The quantitative estimate of drug-likeness (QED) is 0.577. The number of rotatable bonds is 1. The summed E-state index contributed by atoms with van der Waals surface area (Å²) in [7, 11) is 1.59. The van der Waals surface area contributed by atoms with Gasteiger partial charge < -0.3 is 15.7 Å². The minimum absolute atomic E-state index is 0.106. The van der Waals surface area contributed by atoms with Gasteiger partial charge in [0.15, 0.2) is 5.82 Å². The molecule has 1 fully saturated rings. The van der Waals surface area contributed by atoms with Crippen molar-refractivity contribution in [3.63, 3.8) is 0 Å². The Kier molecular flexibility index (Phi) is 4.78. The van der Waals surface area contributed by atoms with Crippen LogP contribution in [0.4, 0.5) is 19.0 Å². The van der Waals surface area contributed by atoms with Crippen LogP contribution in [0.5, 0.6) is 0 Å². The van der Waals surface area contributed by atoms with Crippen molar-refractivity contribution in [3.8, 4) is 23.2 Å². The first-order valence-corrected chi connectivity index (χ1v) is 9.18. The van der Waals surface area contributed by atoms with Gasteiger partial charge in [0, 0.05) is 48.9 Å². The van der Waals surface area contributed by atoms with Gasteiger partial charge >= 0.3 is 6.18 Å². The molecule has 0 unspecified atom stereocenters. The fraction of sp³-hybridized carbons (Fsp3) is 0.238. The average Bonchev–Trinajstić information content (AvgIpc) is 3.00. The fourth-order valence-electron chi connectivity index (χ4n) is 3.29. The molecule has 0 saturated carbocycles. The van der Waals surface area contributed by atoms with Gasteiger partial charge in [-0.25, -0.2) is 15.0 Å². The molecule has 0 radical (unpaired) electrons. The first-order valence-electron chi connectivity index (χ1n) is 9.18. The number of fused-ring (bicyclic) bond motifs is 1. The summed E-state index contributed by atoms with van der Waals surface area (Å²) in [4.78, 5) is 25.3. The highest BCUT2D eigenvalue weighted by molar-refractivity contribution is 5.91. The normalized spacial score (nSPS) is 18.9. The first kappa shape index (κ1) is 20.6. The summed E-state index contributed by atoms with van der Waals surface area (Å²) in [6.45, 7) is 0.407. The van der Waals surface area contributed by atoms with E-state index >= 15 is 0 Å². The number of nitrogens with two attached hydrogens (primary N) is 1. The van der Waals surface area contributed by atoms with Gasteiger partial charge in [0.1, 0.15) is 11.3 Å². The van der Waals surface area contributed by atoms with E-state index in [0.717, 1.165) is 6.20 Å². The number of anilines is 1. The molecule has 3 heterocycles. The van der Waals surface area contributed by atoms with Crippen LogP contribution < -0.4 is 5.73 Å². The molecule has 1 amide bonds. The largest absolute Gasteiger partial charge is 0.418 e. The lowest BCUT2D eigenvalue weighted by atomic mass is 10.0. The lowest BCUT2D eigenvalue weighted by Gasteiger charge is -2.13. The van der Waals surface area contributed by atoms with Crippen LogP contribution in [0.1, 0.15) is 17.5 Å². The molecule has 0 aliphatic carbocycles. The van der Waals surface area contributed by atoms with E-state index in [9.17, 15) is 23.1 Å². The van der Waals surface area contributed by atoms with Gasteiger partial charge in [-0.15, -0.1) is 0 Å². The zero-order valence-electron chi connectivity index (χ0n) is 16.2. The number of amides is 1. The lowest BCUT2D eigenvalue weighted by molar-refractivity contribution is -0.137. The number of carbonyl (C=O) groups excluding carboxylic acids is 1. The van der Waals surface area contributed by atoms with Crippen LogP contribution in [0.2, 0.25) is 0 Å². The van der Waals surface area contributed by atoms with Gasteiger partial charge in [0.05, 0.1) is 5.56 Å². The van der Waals surface area contributed by atoms with Gasteiger partial charge in [-0.3, -0.25) is 4.79 Å². The molecule has 1 saturated heterocycles. The number of nitrogens with zero attached hydrogens (tertiary/aromatic N) is 4. The van der Waals surface area contributed by atoms with Crippen molar-refractivity contribution >= 4 is 22.6 Å². The highest BCUT2D eigenvalue weighted by atomic mass is 19.4. The maximum Gasteiger partial charge on any atom is 0.418 e. The maximum atomic E-state index is 13.2. The van der Waals surface area contributed by atoms with Crippen molar-refractivity contribution in [2.45, 2.75) is 18.2 Å². The molecule has 0 spiro atoms. The van der Waals surface area contributed by atoms with Crippen LogP contribution in [0.15, 0.2) is 36.7 Å². The second kappa shape index (κ2) is 7.21. The summed E-state index contributed by atoms with van der Waals surface area (Å²) < 4.78 is 39.7. The highest BCUT2D eigenvalue weighted by Gasteiger charge is 2.42. The van der Waals surface area contributed by atoms with E-state index in [0.29, 0.717) is 23.9 Å². The number of hydrogen-bond donors (Lipinski definition) is 2. The van der Waals surface area contributed by atoms with Gasteiger partial charge in [-0.2, -0.15) is 13.2 Å². The van der Waals surface area contributed by atoms with E-state index in [1.807, 2.05) is 0 Å². The van der Waals surface area contributed by atoms with Gasteiger partial charge in [-0.05, 0) is 12.1 Å². The molecule has 3 N–H and O–H groups in total. The minimum Gasteiger partial charge on any atom is -0.382 e. The standard InChI is InChI=1S/C21H16F3N5O2/c1-29-8-7-20(31,19(29)30)6-5-12-3-2-4-13(9-12)18-27-10-14-15(21(22,23)24)11-26-17(25)16(14)28-18/h2-4,9-11,31H,7-8H2,1H3,(H2,25,26)/t20-/m0/s1. The topological polar surface area (TPSA) is 105 Å². The van der Waals surface area contributed by atoms with E-state index in [-0.39, 0.29) is 29.0 Å². The molecular formula is C21H16F3N5O2. The number of pyridine rings is 1. The third-order valence-corrected chi connectivity index (χ3v) is 5.00. The van der Waals surface area contributed by atoms with Crippen LogP contribution in [0.3, 0.4) is 0 Å². The number of carbonyl (C=O) groups is 1. The number of likely N-dealkylation sites (tertiary alicyclic amines) is 1. The third-order valence-electron chi connectivity index (χ3n) is 5.00. The summed E-state index contributed by atoms with van der Waals surface area (Å²) >= 11 is 0. The SMILES string of the molecule is CN1CC[C@@](O)(C#Cc2cccc(-c3ncc4c(C(F)(F)F)cnc(N)c4n3)c2)C1=O. The number of aromatic nitrogens is 3. The van der Waals surface area contributed by atoms with E-state index in [1.165, 1.54) is 4.90 Å². The zero-order valence-corrected chi connectivity index (χ0v) is 16.2. The van der Waals surface area contributed by atoms with Crippen molar-refractivity contribution in [2.75, 3.05) is 19.3 Å². The second-order valence-electron chi connectivity index (χ2n) is 7.18. The monoisotopic (exact) mass is 427 g/mol. The molecule has 0 bridgehead atoms. The Hall–Kier alpha value is -3.71. The Morgan fingerprint density at radius 3 is 2.71 bits per heavy atom. The van der Waals surface area contributed by atoms with Crippen molar-refractivity contribution in [1.29, 1.82) is 0 Å². The van der Waals surface area contributed by atoms with Crippen LogP contribution in [0, 0.1) is 11.8 Å². The highest BCUT2D eigenvalue weighted by Crippen LogP contribution is 2.35. The third kappa shape index (κ3) is 3.75. The summed E-state index contributed by atoms with van der Waals surface area (Å²) in [6.07, 6.45) is -2.70. The second-order valence-corrected chi connectivity index (χ2v) is 7.18. The van der Waals surface area contributed by atoms with Crippen molar-refractivity contribution in [1.82, 2.24) is 19.9 Å². The van der Waals surface area contributed by atoms with Crippen LogP contribution in [0.25, 0.3) is 22.3 Å². The number of hydrogen-bond acceptors (Lipinski definition) is 6. The predicted octanol–water partition coefficient (Wildman–Crippen LogP) is 2.24. The van der Waals surface area contributed by atoms with Crippen LogP contribution in [-0.4, -0.2) is 50.1 Å². The van der Waals surface area contributed by atoms with Crippen molar-refractivity contribution in [2.24, 2.45) is 0 Å². The number of aliphatic hydroxyl groups is 1. The van der Waals surface area contributed by atoms with E-state index in [1.54, 1.807) is 31.3 Å². The molecule has 158 valence electrons. The molecule has 1 aliphatic heterocycles. The van der Waals surface area contributed by atoms with Crippen molar-refractivity contribution in [3.05, 3.63) is 47.8 Å². The molecule has 1 atom stereocenters. The Labute approximate surface area is 174 Å². The summed E-state index contributed by atoms with van der Waals surface area (Å²) in [5.74, 6) is 4.92. The molecule has 31 heavy (non-hydrogen) atoms. The molecule has 4 rings (SSSR count). The zero-order chi connectivity index (χ0) is 22.4. The van der Waals surface area contributed by atoms with Crippen LogP contribution >= 0.6 is 0 Å². The number of benzene rings is 1. The van der Waals surface area contributed by atoms with E-state index in [2.05, 4.69) is 26.8 Å². The number of halogens is 3. The molecule has 1 aliphatic rings. The molecule has 2 aromatic heterocycles. The van der Waals surface area contributed by atoms with Gasteiger partial charge in [-0.1, -0.05) is 24.0 Å². The Morgan fingerprint density at radius 1 is 1.26 bits per heavy atom. The first-order chi connectivity index (χ1) is 14.6. The van der Waals surface area contributed by atoms with Gasteiger partial charge in [0.2, 0.25) is 5.60 Å². The molecule has 10 heteroatoms. The number of likely N-dealkylation sites (N-methyl/N-ethyl adjacent to an activating group) is 1. The smallest absolute Gasteiger partial charge is 0.382 e. The maximum absolute atomic E-state index is 13.2. The molecule has 1 aromatic carbocycles. The fourth-order valence-corrected chi connectivity index (χ4v) is 3.29. The Morgan fingerprint density at radius 2 is 2.03 bits per heavy atom. The van der Waals surface area contributed by atoms with Crippen LogP contribution in [-0.2, 0) is 11.0 Å². The Balaban J connectivity index is 1.73. The average molecular weight is 427 g/mol. The van der Waals surface area contributed by atoms with E-state index < -0.39 is 23.2 Å².